The van der Waals surface area contributed by atoms with Gasteiger partial charge in [0.15, 0.2) is 0 Å². The molecule has 1 heterocycles. The lowest BCUT2D eigenvalue weighted by Crippen LogP contribution is -1.90. The summed E-state index contributed by atoms with van der Waals surface area (Å²) in [5.41, 5.74) is 8.33. The second-order valence-corrected chi connectivity index (χ2v) is 4.25. The molecule has 0 unspecified atom stereocenters. The van der Waals surface area contributed by atoms with Gasteiger partial charge in [-0.25, -0.2) is 9.37 Å². The van der Waals surface area contributed by atoms with Crippen LogP contribution in [0.3, 0.4) is 0 Å². The molecule has 4 heteroatoms. The van der Waals surface area contributed by atoms with Gasteiger partial charge in [-0.2, -0.15) is 0 Å². The molecule has 0 fully saturated rings. The molecule has 0 saturated carbocycles. The van der Waals surface area contributed by atoms with Gasteiger partial charge in [-0.05, 0) is 18.2 Å². The minimum atomic E-state index is -0.411. The molecule has 3 N–H and O–H groups in total. The minimum absolute atomic E-state index is 0.133. The normalized spacial score (nSPS) is 10.6. The molecule has 19 heavy (non-hydrogen) atoms. The number of hydrogen-bond donors (Lipinski definition) is 2. The van der Waals surface area contributed by atoms with E-state index < -0.39 is 5.82 Å². The third-order valence-corrected chi connectivity index (χ3v) is 2.93. The molecule has 94 valence electrons. The van der Waals surface area contributed by atoms with Crippen LogP contribution >= 0.6 is 0 Å². The van der Waals surface area contributed by atoms with Crippen molar-refractivity contribution in [1.29, 1.82) is 0 Å². The predicted molar refractivity (Wildman–Crippen MR) is 73.8 cm³/mol. The maximum atomic E-state index is 13.1. The third kappa shape index (κ3) is 2.20. The highest BCUT2D eigenvalue weighted by molar-refractivity contribution is 5.67. The smallest absolute Gasteiger partial charge is 0.146 e. The Kier molecular flexibility index (Phi) is 2.76. The molecule has 0 radical (unpaired) electrons. The van der Waals surface area contributed by atoms with E-state index in [2.05, 4.69) is 9.97 Å². The standard InChI is InChI=1S/C15H12FN3/c16-12-7-6-11(8-13(12)17)14-9-18-15(19-14)10-4-2-1-3-5-10/h1-9H,17H2,(H,18,19). The molecule has 3 rings (SSSR count). The topological polar surface area (TPSA) is 54.7 Å². The summed E-state index contributed by atoms with van der Waals surface area (Å²) >= 11 is 0. The maximum absolute atomic E-state index is 13.1. The van der Waals surface area contributed by atoms with Gasteiger partial charge in [-0.1, -0.05) is 30.3 Å². The Morgan fingerprint density at radius 2 is 1.79 bits per heavy atom. The van der Waals surface area contributed by atoms with E-state index in [0.717, 1.165) is 22.6 Å². The highest BCUT2D eigenvalue weighted by Gasteiger charge is 2.06. The zero-order chi connectivity index (χ0) is 13.2. The largest absolute Gasteiger partial charge is 0.396 e. The van der Waals surface area contributed by atoms with Crippen molar-refractivity contribution in [3.63, 3.8) is 0 Å². The third-order valence-electron chi connectivity index (χ3n) is 2.93. The highest BCUT2D eigenvalue weighted by Crippen LogP contribution is 2.24. The molecule has 0 aliphatic carbocycles. The van der Waals surface area contributed by atoms with Crippen LogP contribution in [0.4, 0.5) is 10.1 Å². The summed E-state index contributed by atoms with van der Waals surface area (Å²) in [6, 6.07) is 14.4. The van der Waals surface area contributed by atoms with Crippen LogP contribution in [0.5, 0.6) is 0 Å². The van der Waals surface area contributed by atoms with Crippen molar-refractivity contribution in [3.8, 4) is 22.6 Å². The lowest BCUT2D eigenvalue weighted by atomic mass is 10.1. The van der Waals surface area contributed by atoms with Crippen molar-refractivity contribution >= 4 is 5.69 Å². The van der Waals surface area contributed by atoms with E-state index in [1.807, 2.05) is 30.3 Å². The Morgan fingerprint density at radius 3 is 2.53 bits per heavy atom. The summed E-state index contributed by atoms with van der Waals surface area (Å²) in [6.07, 6.45) is 1.72. The number of hydrogen-bond acceptors (Lipinski definition) is 2. The van der Waals surface area contributed by atoms with Crippen molar-refractivity contribution in [2.75, 3.05) is 5.73 Å². The van der Waals surface area contributed by atoms with E-state index in [0.29, 0.717) is 0 Å². The molecule has 3 aromatic rings. The van der Waals surface area contributed by atoms with Gasteiger partial charge in [-0.15, -0.1) is 0 Å². The lowest BCUT2D eigenvalue weighted by Gasteiger charge is -2.01. The van der Waals surface area contributed by atoms with Gasteiger partial charge in [0, 0.05) is 11.1 Å². The highest BCUT2D eigenvalue weighted by atomic mass is 19.1. The number of nitrogens with one attached hydrogen (secondary N) is 1. The van der Waals surface area contributed by atoms with Gasteiger partial charge in [0.05, 0.1) is 17.6 Å². The van der Waals surface area contributed by atoms with E-state index >= 15 is 0 Å². The van der Waals surface area contributed by atoms with E-state index in [1.54, 1.807) is 18.3 Å². The summed E-state index contributed by atoms with van der Waals surface area (Å²) in [4.78, 5) is 7.53. The molecule has 0 atom stereocenters. The molecule has 0 bridgehead atoms. The maximum Gasteiger partial charge on any atom is 0.146 e. The fourth-order valence-corrected chi connectivity index (χ4v) is 1.92. The Morgan fingerprint density at radius 1 is 1.00 bits per heavy atom. The number of nitrogens with zero attached hydrogens (tertiary/aromatic N) is 1. The van der Waals surface area contributed by atoms with Crippen molar-refractivity contribution in [2.24, 2.45) is 0 Å². The van der Waals surface area contributed by atoms with Gasteiger partial charge < -0.3 is 10.7 Å². The van der Waals surface area contributed by atoms with Crippen molar-refractivity contribution in [1.82, 2.24) is 9.97 Å². The average molecular weight is 253 g/mol. The molecule has 2 aromatic carbocycles. The predicted octanol–water partition coefficient (Wildman–Crippen LogP) is 3.47. The van der Waals surface area contributed by atoms with Crippen LogP contribution in [0.15, 0.2) is 54.7 Å². The molecule has 0 aliphatic heterocycles. The van der Waals surface area contributed by atoms with Crippen molar-refractivity contribution in [3.05, 3.63) is 60.5 Å². The number of halogens is 1. The number of benzene rings is 2. The van der Waals surface area contributed by atoms with Gasteiger partial charge >= 0.3 is 0 Å². The Hall–Kier alpha value is -2.62. The Balaban J connectivity index is 1.99. The van der Waals surface area contributed by atoms with Crippen molar-refractivity contribution < 1.29 is 4.39 Å². The van der Waals surface area contributed by atoms with Crippen LogP contribution in [-0.2, 0) is 0 Å². The number of nitrogens with two attached hydrogens (primary N) is 1. The molecular weight excluding hydrogens is 241 g/mol. The number of rotatable bonds is 2. The summed E-state index contributed by atoms with van der Waals surface area (Å²) < 4.78 is 13.1. The molecule has 0 aliphatic rings. The van der Waals surface area contributed by atoms with Gasteiger partial charge in [-0.3, -0.25) is 0 Å². The van der Waals surface area contributed by atoms with Crippen LogP contribution in [0.1, 0.15) is 0 Å². The zero-order valence-electron chi connectivity index (χ0n) is 10.1. The van der Waals surface area contributed by atoms with Crippen LogP contribution in [0.25, 0.3) is 22.6 Å². The number of nitrogen functional groups attached to an aromatic ring is 1. The molecule has 0 amide bonds. The second-order valence-electron chi connectivity index (χ2n) is 4.25. The van der Waals surface area contributed by atoms with Crippen molar-refractivity contribution in [2.45, 2.75) is 0 Å². The molecular formula is C15H12FN3. The van der Waals surface area contributed by atoms with Crippen LogP contribution in [0, 0.1) is 5.82 Å². The Bertz CT molecular complexity index is 704. The first-order valence-corrected chi connectivity index (χ1v) is 5.90. The minimum Gasteiger partial charge on any atom is -0.396 e. The van der Waals surface area contributed by atoms with Crippen LogP contribution in [0.2, 0.25) is 0 Å². The van der Waals surface area contributed by atoms with Crippen LogP contribution < -0.4 is 5.73 Å². The van der Waals surface area contributed by atoms with Gasteiger partial charge in [0.1, 0.15) is 11.6 Å². The number of anilines is 1. The number of aromatic nitrogens is 2. The summed E-state index contributed by atoms with van der Waals surface area (Å²) in [5.74, 6) is 0.366. The summed E-state index contributed by atoms with van der Waals surface area (Å²) in [7, 11) is 0. The fourth-order valence-electron chi connectivity index (χ4n) is 1.92. The number of H-pyrrole nitrogens is 1. The van der Waals surface area contributed by atoms with E-state index in [-0.39, 0.29) is 5.69 Å². The van der Waals surface area contributed by atoms with E-state index in [9.17, 15) is 4.39 Å². The molecule has 1 aromatic heterocycles. The number of imidazole rings is 1. The second kappa shape index (κ2) is 4.57. The quantitative estimate of drug-likeness (QED) is 0.687. The SMILES string of the molecule is Nc1cc(-c2cnc(-c3ccccc3)[nH]2)ccc1F. The van der Waals surface area contributed by atoms with Gasteiger partial charge in [0.2, 0.25) is 0 Å². The first-order valence-electron chi connectivity index (χ1n) is 5.90. The van der Waals surface area contributed by atoms with Gasteiger partial charge in [0.25, 0.3) is 0 Å². The lowest BCUT2D eigenvalue weighted by molar-refractivity contribution is 0.632. The first-order chi connectivity index (χ1) is 9.24. The molecule has 0 spiro atoms. The van der Waals surface area contributed by atoms with Crippen LogP contribution in [-0.4, -0.2) is 9.97 Å². The Labute approximate surface area is 109 Å². The number of aromatic amines is 1. The average Bonchev–Trinajstić information content (AvgIpc) is 2.93. The fraction of sp³-hybridized carbons (Fsp3) is 0. The summed E-state index contributed by atoms with van der Waals surface area (Å²) in [5, 5.41) is 0. The van der Waals surface area contributed by atoms with E-state index in [1.165, 1.54) is 6.07 Å². The first kappa shape index (κ1) is 11.5. The molecule has 3 nitrogen and oxygen atoms in total. The monoisotopic (exact) mass is 253 g/mol. The zero-order valence-corrected chi connectivity index (χ0v) is 10.1. The summed E-state index contributed by atoms with van der Waals surface area (Å²) in [6.45, 7) is 0. The van der Waals surface area contributed by atoms with E-state index in [4.69, 9.17) is 5.73 Å². The molecule has 0 saturated heterocycles.